The number of anilines is 1. The molecule has 0 radical (unpaired) electrons. The first-order chi connectivity index (χ1) is 20.3. The summed E-state index contributed by atoms with van der Waals surface area (Å²) in [5.74, 6) is -0.217. The number of allylic oxidation sites excluding steroid dienone is 4. The first-order valence-corrected chi connectivity index (χ1v) is 14.6. The molecule has 0 saturated heterocycles. The van der Waals surface area contributed by atoms with Crippen molar-refractivity contribution < 1.29 is 22.5 Å². The minimum Gasteiger partial charge on any atom is -0.406 e. The molecule has 3 nitrogen and oxygen atoms in total. The summed E-state index contributed by atoms with van der Waals surface area (Å²) in [6, 6.07) is 24.8. The van der Waals surface area contributed by atoms with Crippen LogP contribution in [0.3, 0.4) is 0 Å². The zero-order chi connectivity index (χ0) is 30.7. The fourth-order valence-corrected chi connectivity index (χ4v) is 7.19. The maximum atomic E-state index is 13.0. The molecule has 2 aliphatic heterocycles. The van der Waals surface area contributed by atoms with Gasteiger partial charge in [-0.2, -0.15) is 4.58 Å². The van der Waals surface area contributed by atoms with Crippen LogP contribution in [-0.4, -0.2) is 30.7 Å². The summed E-state index contributed by atoms with van der Waals surface area (Å²) < 4.78 is 45.6. The average Bonchev–Trinajstić information content (AvgIpc) is 3.26. The highest BCUT2D eigenvalue weighted by molar-refractivity contribution is 6.30. The zero-order valence-electron chi connectivity index (χ0n) is 24.8. The van der Waals surface area contributed by atoms with E-state index in [9.17, 15) is 13.2 Å². The fourth-order valence-electron chi connectivity index (χ4n) is 7.02. The first-order valence-electron chi connectivity index (χ1n) is 14.2. The summed E-state index contributed by atoms with van der Waals surface area (Å²) in [6.45, 7) is 6.57. The predicted molar refractivity (Wildman–Crippen MR) is 169 cm³/mol. The normalized spacial score (nSPS) is 20.4. The number of likely N-dealkylation sites (N-methyl/N-ethyl adjacent to an activating group) is 1. The molecule has 6 rings (SSSR count). The van der Waals surface area contributed by atoms with Crippen molar-refractivity contribution >= 4 is 39.5 Å². The molecule has 0 saturated carbocycles. The number of rotatable bonds is 5. The van der Waals surface area contributed by atoms with Crippen molar-refractivity contribution in [3.8, 4) is 5.75 Å². The third-order valence-corrected chi connectivity index (χ3v) is 9.17. The molecule has 0 aromatic heterocycles. The van der Waals surface area contributed by atoms with Gasteiger partial charge >= 0.3 is 6.36 Å². The van der Waals surface area contributed by atoms with Crippen molar-refractivity contribution in [1.82, 2.24) is 0 Å². The molecule has 0 N–H and O–H groups in total. The molecule has 0 amide bonds. The van der Waals surface area contributed by atoms with Crippen LogP contribution in [0, 0.1) is 0 Å². The van der Waals surface area contributed by atoms with Crippen LogP contribution in [0.15, 0.2) is 103 Å². The predicted octanol–water partition coefficient (Wildman–Crippen LogP) is 9.49. The molecule has 0 fully saturated rings. The number of hydrogen-bond acceptors (Lipinski definition) is 2. The van der Waals surface area contributed by atoms with E-state index in [4.69, 9.17) is 11.6 Å². The Kier molecular flexibility index (Phi) is 6.96. The van der Waals surface area contributed by atoms with E-state index in [1.54, 1.807) is 6.07 Å². The Balaban J connectivity index is 1.45. The van der Waals surface area contributed by atoms with Gasteiger partial charge in [-0.1, -0.05) is 60.1 Å². The molecule has 0 aliphatic carbocycles. The van der Waals surface area contributed by atoms with Gasteiger partial charge in [0, 0.05) is 46.6 Å². The van der Waals surface area contributed by atoms with Crippen LogP contribution < -0.4 is 9.64 Å². The lowest BCUT2D eigenvalue weighted by molar-refractivity contribution is -0.401. The molecule has 220 valence electrons. The number of ether oxygens (including phenoxy) is 1. The maximum Gasteiger partial charge on any atom is 0.573 e. The Morgan fingerprint density at radius 3 is 2.49 bits per heavy atom. The Morgan fingerprint density at radius 2 is 1.72 bits per heavy atom. The quantitative estimate of drug-likeness (QED) is 0.212. The van der Waals surface area contributed by atoms with Crippen LogP contribution in [0.5, 0.6) is 5.75 Å². The molecule has 0 spiro atoms. The Bertz CT molecular complexity index is 1850. The van der Waals surface area contributed by atoms with E-state index in [1.807, 2.05) is 30.3 Å². The molecule has 4 aromatic carbocycles. The van der Waals surface area contributed by atoms with Gasteiger partial charge in [0.2, 0.25) is 5.69 Å². The second kappa shape index (κ2) is 10.3. The number of fused-ring (bicyclic) bond motifs is 4. The molecular weight excluding hydrogens is 569 g/mol. The van der Waals surface area contributed by atoms with Crippen molar-refractivity contribution in [1.29, 1.82) is 0 Å². The highest BCUT2D eigenvalue weighted by Gasteiger charge is 2.45. The van der Waals surface area contributed by atoms with Gasteiger partial charge in [0.25, 0.3) is 0 Å². The topological polar surface area (TPSA) is 15.5 Å². The monoisotopic (exact) mass is 601 g/mol. The Hall–Kier alpha value is -4.03. The van der Waals surface area contributed by atoms with E-state index in [0.717, 1.165) is 44.7 Å². The van der Waals surface area contributed by atoms with E-state index in [-0.39, 0.29) is 11.2 Å². The lowest BCUT2D eigenvalue weighted by Gasteiger charge is -2.29. The first kappa shape index (κ1) is 29.1. The molecule has 7 heteroatoms. The third-order valence-electron chi connectivity index (χ3n) is 8.94. The SMILES string of the molecule is CN1/C(=C\C=C\C2=[N+](C)c3ccc(Cl)cc3C2(C)C)C(C)(Cc2cccc(OC(F)(F)F)c2)c2c1ccc1ccccc21. The molecular formula is C36H33ClF3N2O+. The lowest BCUT2D eigenvalue weighted by Crippen LogP contribution is -2.29. The van der Waals surface area contributed by atoms with Crippen LogP contribution in [-0.2, 0) is 17.3 Å². The van der Waals surface area contributed by atoms with Gasteiger partial charge in [-0.3, -0.25) is 0 Å². The minimum absolute atomic E-state index is 0.217. The van der Waals surface area contributed by atoms with E-state index in [1.165, 1.54) is 17.7 Å². The number of halogens is 4. The van der Waals surface area contributed by atoms with Crippen molar-refractivity contribution in [3.63, 3.8) is 0 Å². The summed E-state index contributed by atoms with van der Waals surface area (Å²) in [4.78, 5) is 2.20. The lowest BCUT2D eigenvalue weighted by atomic mass is 9.74. The number of nitrogens with zero attached hydrogens (tertiary/aromatic N) is 2. The van der Waals surface area contributed by atoms with Crippen LogP contribution in [0.4, 0.5) is 24.5 Å². The highest BCUT2D eigenvalue weighted by Crippen LogP contribution is 2.52. The van der Waals surface area contributed by atoms with E-state index in [0.29, 0.717) is 11.4 Å². The van der Waals surface area contributed by atoms with Crippen molar-refractivity contribution in [2.75, 3.05) is 19.0 Å². The van der Waals surface area contributed by atoms with Gasteiger partial charge < -0.3 is 9.64 Å². The largest absolute Gasteiger partial charge is 0.573 e. The average molecular weight is 602 g/mol. The standard InChI is InChI=1S/C36H33ClF3N2O/c1-34(2)28-21-25(37)17-19-29(28)41(4)31(34)14-9-15-32-35(3,22-23-10-8-12-26(20-23)43-36(38,39)40)33-27-13-7-6-11-24(27)16-18-30(33)42(32)5/h6-21H,22H2,1-5H3/q+1. The van der Waals surface area contributed by atoms with E-state index < -0.39 is 11.8 Å². The molecule has 0 bridgehead atoms. The molecule has 4 aromatic rings. The summed E-state index contributed by atoms with van der Waals surface area (Å²) >= 11 is 6.35. The minimum atomic E-state index is -4.75. The number of hydrogen-bond donors (Lipinski definition) is 0. The molecule has 43 heavy (non-hydrogen) atoms. The van der Waals surface area contributed by atoms with Crippen LogP contribution >= 0.6 is 11.6 Å². The fraction of sp³-hybridized carbons (Fsp3) is 0.250. The van der Waals surface area contributed by atoms with Crippen molar-refractivity contribution in [3.05, 3.63) is 125 Å². The third kappa shape index (κ3) is 5.02. The Morgan fingerprint density at radius 1 is 0.953 bits per heavy atom. The Labute approximate surface area is 255 Å². The van der Waals surface area contributed by atoms with Gasteiger partial charge in [0.15, 0.2) is 5.71 Å². The van der Waals surface area contributed by atoms with Gasteiger partial charge in [0.05, 0.1) is 5.41 Å². The van der Waals surface area contributed by atoms with E-state index in [2.05, 4.69) is 97.6 Å². The van der Waals surface area contributed by atoms with Gasteiger partial charge in [-0.25, -0.2) is 0 Å². The summed E-state index contributed by atoms with van der Waals surface area (Å²) in [6.07, 6.45) is 2.10. The molecule has 1 atom stereocenters. The second-order valence-corrected chi connectivity index (χ2v) is 12.5. The summed E-state index contributed by atoms with van der Waals surface area (Å²) in [5.41, 5.74) is 6.71. The van der Waals surface area contributed by atoms with Crippen LogP contribution in [0.25, 0.3) is 10.8 Å². The number of benzene rings is 4. The molecule has 2 aliphatic rings. The van der Waals surface area contributed by atoms with Gasteiger partial charge in [-0.15, -0.1) is 13.2 Å². The smallest absolute Gasteiger partial charge is 0.406 e. The van der Waals surface area contributed by atoms with Crippen LogP contribution in [0.1, 0.15) is 37.5 Å². The van der Waals surface area contributed by atoms with Gasteiger partial charge in [-0.05, 0) is 85.5 Å². The van der Waals surface area contributed by atoms with Crippen LogP contribution in [0.2, 0.25) is 5.02 Å². The van der Waals surface area contributed by atoms with Crippen molar-refractivity contribution in [2.45, 2.75) is 44.4 Å². The number of alkyl halides is 3. The zero-order valence-corrected chi connectivity index (χ0v) is 25.5. The van der Waals surface area contributed by atoms with E-state index >= 15 is 0 Å². The highest BCUT2D eigenvalue weighted by atomic mass is 35.5. The second-order valence-electron chi connectivity index (χ2n) is 12.1. The summed E-state index contributed by atoms with van der Waals surface area (Å²) in [5, 5.41) is 2.96. The van der Waals surface area contributed by atoms with Crippen molar-refractivity contribution in [2.24, 2.45) is 0 Å². The molecule has 2 heterocycles. The maximum absolute atomic E-state index is 13.0. The van der Waals surface area contributed by atoms with Gasteiger partial charge in [0.1, 0.15) is 12.8 Å². The summed E-state index contributed by atoms with van der Waals surface area (Å²) in [7, 11) is 4.12. The molecule has 1 unspecified atom stereocenters.